The first-order valence-corrected chi connectivity index (χ1v) is 8.50. The van der Waals surface area contributed by atoms with Crippen LogP contribution in [0.3, 0.4) is 0 Å². The lowest BCUT2D eigenvalue weighted by molar-refractivity contribution is 0.211. The van der Waals surface area contributed by atoms with E-state index in [2.05, 4.69) is 25.1 Å². The number of amides is 1. The number of carbonyl (C=O) groups is 1. The Morgan fingerprint density at radius 2 is 1.80 bits per heavy atom. The van der Waals surface area contributed by atoms with E-state index in [0.717, 1.165) is 6.20 Å². The molecule has 0 fully saturated rings. The Balaban J connectivity index is 1.88. The summed E-state index contributed by atoms with van der Waals surface area (Å²) in [5.74, 6) is -2.02. The number of H-pyrrole nitrogens is 1. The molecule has 0 spiro atoms. The number of nitrogens with two attached hydrogens (primary N) is 3. The molecule has 0 unspecified atom stereocenters. The van der Waals surface area contributed by atoms with Crippen LogP contribution in [0, 0.1) is 11.6 Å². The predicted octanol–water partition coefficient (Wildman–Crippen LogP) is 1.91. The Hall–Kier alpha value is -4.35. The smallest absolute Gasteiger partial charge is 0.403 e. The van der Waals surface area contributed by atoms with Gasteiger partial charge in [0.25, 0.3) is 0 Å². The van der Waals surface area contributed by atoms with Gasteiger partial charge in [-0.15, -0.1) is 0 Å². The van der Waals surface area contributed by atoms with Crippen molar-refractivity contribution in [3.63, 3.8) is 0 Å². The van der Waals surface area contributed by atoms with Crippen LogP contribution in [0.4, 0.5) is 25.2 Å². The fourth-order valence-corrected chi connectivity index (χ4v) is 3.00. The third-order valence-electron chi connectivity index (χ3n) is 4.31. The second kappa shape index (κ2) is 7.24. The first kappa shape index (κ1) is 19.0. The van der Waals surface area contributed by atoms with E-state index in [1.807, 2.05) is 0 Å². The summed E-state index contributed by atoms with van der Waals surface area (Å²) < 4.78 is 33.5. The SMILES string of the molecule is NC(=O)Oc1c(N)nc(-c2[nH]nc3ncc(F)c(Cc4ccccc4F)c23)nc1N. The lowest BCUT2D eigenvalue weighted by Crippen LogP contribution is -2.19. The number of carbonyl (C=O) groups excluding carboxylic acids is 1. The lowest BCUT2D eigenvalue weighted by Gasteiger charge is -2.10. The van der Waals surface area contributed by atoms with Crippen LogP contribution in [-0.2, 0) is 6.42 Å². The molecule has 7 N–H and O–H groups in total. The van der Waals surface area contributed by atoms with Gasteiger partial charge in [-0.25, -0.2) is 28.5 Å². The number of nitrogens with one attached hydrogen (secondary N) is 1. The van der Waals surface area contributed by atoms with E-state index in [9.17, 15) is 13.6 Å². The Morgan fingerprint density at radius 1 is 1.10 bits per heavy atom. The van der Waals surface area contributed by atoms with Gasteiger partial charge in [0.15, 0.2) is 23.1 Å². The summed E-state index contributed by atoms with van der Waals surface area (Å²) >= 11 is 0. The maximum Gasteiger partial charge on any atom is 0.410 e. The van der Waals surface area contributed by atoms with Gasteiger partial charge < -0.3 is 21.9 Å². The van der Waals surface area contributed by atoms with Crippen LogP contribution in [0.2, 0.25) is 0 Å². The summed E-state index contributed by atoms with van der Waals surface area (Å²) in [6.07, 6.45) is -0.218. The van der Waals surface area contributed by atoms with E-state index in [-0.39, 0.29) is 57.5 Å². The van der Waals surface area contributed by atoms with Gasteiger partial charge in [0, 0.05) is 12.0 Å². The van der Waals surface area contributed by atoms with Gasteiger partial charge >= 0.3 is 6.09 Å². The van der Waals surface area contributed by atoms with E-state index >= 15 is 0 Å². The molecular weight excluding hydrogens is 398 g/mol. The summed E-state index contributed by atoms with van der Waals surface area (Å²) in [4.78, 5) is 23.0. The molecular formula is C18H14F2N8O2. The number of halogens is 2. The summed E-state index contributed by atoms with van der Waals surface area (Å²) in [7, 11) is 0. The number of rotatable bonds is 4. The van der Waals surface area contributed by atoms with Crippen molar-refractivity contribution in [2.45, 2.75) is 6.42 Å². The minimum Gasteiger partial charge on any atom is -0.403 e. The number of pyridine rings is 1. The molecule has 0 bridgehead atoms. The van der Waals surface area contributed by atoms with Crippen molar-refractivity contribution in [3.8, 4) is 17.3 Å². The van der Waals surface area contributed by atoms with E-state index < -0.39 is 17.7 Å². The number of nitrogen functional groups attached to an aromatic ring is 2. The number of anilines is 2. The molecule has 1 aromatic carbocycles. The van der Waals surface area contributed by atoms with Crippen molar-refractivity contribution in [2.24, 2.45) is 5.73 Å². The zero-order valence-electron chi connectivity index (χ0n) is 15.2. The molecule has 4 rings (SSSR count). The van der Waals surface area contributed by atoms with Gasteiger partial charge in [-0.2, -0.15) is 5.10 Å². The molecule has 0 saturated carbocycles. The number of fused-ring (bicyclic) bond motifs is 1. The highest BCUT2D eigenvalue weighted by Crippen LogP contribution is 2.33. The third kappa shape index (κ3) is 3.30. The summed E-state index contributed by atoms with van der Waals surface area (Å²) in [6, 6.07) is 6.01. The van der Waals surface area contributed by atoms with Crippen molar-refractivity contribution in [2.75, 3.05) is 11.5 Å². The maximum absolute atomic E-state index is 14.7. The third-order valence-corrected chi connectivity index (χ3v) is 4.31. The Morgan fingerprint density at radius 3 is 2.47 bits per heavy atom. The first-order valence-electron chi connectivity index (χ1n) is 8.50. The highest BCUT2D eigenvalue weighted by molar-refractivity contribution is 5.92. The van der Waals surface area contributed by atoms with Crippen LogP contribution in [0.1, 0.15) is 11.1 Å². The molecule has 0 aliphatic carbocycles. The van der Waals surface area contributed by atoms with Gasteiger partial charge in [-0.3, -0.25) is 5.10 Å². The average Bonchev–Trinajstić information content (AvgIpc) is 3.12. The number of benzene rings is 1. The van der Waals surface area contributed by atoms with Crippen molar-refractivity contribution < 1.29 is 18.3 Å². The second-order valence-electron chi connectivity index (χ2n) is 6.22. The standard InChI is InChI=1S/C18H14F2N8O2/c19-9-4-2-1-3-7(9)5-8-10(20)6-24-16-11(8)12(27-28-16)17-25-14(21)13(15(22)26-17)30-18(23)29/h1-4,6H,5H2,(H2,23,29)(H,24,27,28)(H4,21,22,25,26). The molecule has 152 valence electrons. The lowest BCUT2D eigenvalue weighted by atomic mass is 10.0. The van der Waals surface area contributed by atoms with Crippen LogP contribution >= 0.6 is 0 Å². The summed E-state index contributed by atoms with van der Waals surface area (Å²) in [5.41, 5.74) is 17.3. The van der Waals surface area contributed by atoms with E-state index in [0.29, 0.717) is 0 Å². The fourth-order valence-electron chi connectivity index (χ4n) is 3.00. The van der Waals surface area contributed by atoms with Gasteiger partial charge in [-0.05, 0) is 11.6 Å². The molecule has 0 aliphatic rings. The van der Waals surface area contributed by atoms with Gasteiger partial charge in [0.1, 0.15) is 17.3 Å². The van der Waals surface area contributed by atoms with E-state index in [4.69, 9.17) is 21.9 Å². The number of aromatic nitrogens is 5. The average molecular weight is 412 g/mol. The molecule has 30 heavy (non-hydrogen) atoms. The Bertz CT molecular complexity index is 1270. The molecule has 0 saturated heterocycles. The molecule has 4 aromatic rings. The molecule has 0 aliphatic heterocycles. The van der Waals surface area contributed by atoms with Crippen LogP contribution in [0.15, 0.2) is 30.5 Å². The normalized spacial score (nSPS) is 11.0. The minimum absolute atomic E-state index is 0.0495. The van der Waals surface area contributed by atoms with E-state index in [1.54, 1.807) is 12.1 Å². The van der Waals surface area contributed by atoms with Crippen LogP contribution in [-0.4, -0.2) is 31.2 Å². The topological polar surface area (TPSA) is 172 Å². The molecule has 10 nitrogen and oxygen atoms in total. The largest absolute Gasteiger partial charge is 0.410 e. The number of hydrogen-bond acceptors (Lipinski definition) is 8. The molecule has 0 atom stereocenters. The molecule has 1 amide bonds. The monoisotopic (exact) mass is 412 g/mol. The van der Waals surface area contributed by atoms with Gasteiger partial charge in [-0.1, -0.05) is 18.2 Å². The van der Waals surface area contributed by atoms with Gasteiger partial charge in [0.05, 0.1) is 11.6 Å². The van der Waals surface area contributed by atoms with Crippen molar-refractivity contribution >= 4 is 28.8 Å². The first-order chi connectivity index (χ1) is 14.3. The van der Waals surface area contributed by atoms with Crippen LogP contribution in [0.25, 0.3) is 22.6 Å². The van der Waals surface area contributed by atoms with Crippen LogP contribution < -0.4 is 21.9 Å². The highest BCUT2D eigenvalue weighted by Gasteiger charge is 2.22. The number of nitrogens with zero attached hydrogens (tertiary/aromatic N) is 4. The Labute approximate surface area is 167 Å². The number of aromatic amines is 1. The molecule has 3 heterocycles. The number of primary amides is 1. The summed E-state index contributed by atoms with van der Waals surface area (Å²) in [6.45, 7) is 0. The van der Waals surface area contributed by atoms with Gasteiger partial charge in [0.2, 0.25) is 5.75 Å². The van der Waals surface area contributed by atoms with Crippen molar-refractivity contribution in [1.82, 2.24) is 25.1 Å². The fraction of sp³-hybridized carbons (Fsp3) is 0.0556. The molecule has 0 radical (unpaired) electrons. The van der Waals surface area contributed by atoms with Crippen molar-refractivity contribution in [3.05, 3.63) is 53.2 Å². The van der Waals surface area contributed by atoms with Crippen molar-refractivity contribution in [1.29, 1.82) is 0 Å². The minimum atomic E-state index is -1.14. The number of ether oxygens (including phenoxy) is 1. The van der Waals surface area contributed by atoms with E-state index in [1.165, 1.54) is 12.1 Å². The molecule has 12 heteroatoms. The number of hydrogen-bond donors (Lipinski definition) is 4. The second-order valence-corrected chi connectivity index (χ2v) is 6.22. The maximum atomic E-state index is 14.7. The van der Waals surface area contributed by atoms with Crippen LogP contribution in [0.5, 0.6) is 5.75 Å². The quantitative estimate of drug-likeness (QED) is 0.393. The molecule has 3 aromatic heterocycles. The zero-order valence-corrected chi connectivity index (χ0v) is 15.2. The summed E-state index contributed by atoms with van der Waals surface area (Å²) in [5, 5.41) is 6.94. The Kier molecular flexibility index (Phi) is 4.58. The highest BCUT2D eigenvalue weighted by atomic mass is 19.1. The zero-order chi connectivity index (χ0) is 21.4. The predicted molar refractivity (Wildman–Crippen MR) is 103 cm³/mol.